The number of carbonyl (C=O) groups excluding carboxylic acids is 1. The van der Waals surface area contributed by atoms with Crippen molar-refractivity contribution < 1.29 is 9.18 Å². The summed E-state index contributed by atoms with van der Waals surface area (Å²) in [5.74, 6) is -0.470. The highest BCUT2D eigenvalue weighted by molar-refractivity contribution is 9.10. The normalized spacial score (nSPS) is 10.7. The Morgan fingerprint density at radius 3 is 2.68 bits per heavy atom. The summed E-state index contributed by atoms with van der Waals surface area (Å²) in [6, 6.07) is 14.0. The van der Waals surface area contributed by atoms with Gasteiger partial charge in [0.2, 0.25) is 0 Å². The molecule has 0 saturated heterocycles. The molecule has 0 aliphatic heterocycles. The Bertz CT molecular complexity index is 863. The first-order valence-electron chi connectivity index (χ1n) is 7.78. The van der Waals surface area contributed by atoms with Gasteiger partial charge in [0.05, 0.1) is 6.54 Å². The van der Waals surface area contributed by atoms with Gasteiger partial charge in [0.1, 0.15) is 5.82 Å². The highest BCUT2D eigenvalue weighted by Gasteiger charge is 2.14. The molecule has 2 aromatic carbocycles. The zero-order chi connectivity index (χ0) is 17.8. The maximum absolute atomic E-state index is 13.9. The van der Waals surface area contributed by atoms with Gasteiger partial charge in [-0.25, -0.2) is 4.39 Å². The standard InChI is InChI=1S/C19H17BrFN3O/c1-23(13-16-11-17(20)7-8-18(16)21)19(25)15-5-3-14(4-6-15)12-24-10-2-9-22-24/h2-11H,12-13H2,1H3. The van der Waals surface area contributed by atoms with Gasteiger partial charge in [-0.2, -0.15) is 5.10 Å². The van der Waals surface area contributed by atoms with Gasteiger partial charge in [-0.3, -0.25) is 9.48 Å². The Morgan fingerprint density at radius 1 is 1.24 bits per heavy atom. The number of hydrogen-bond acceptors (Lipinski definition) is 2. The van der Waals surface area contributed by atoms with E-state index in [0.29, 0.717) is 17.7 Å². The highest BCUT2D eigenvalue weighted by atomic mass is 79.9. The summed E-state index contributed by atoms with van der Waals surface area (Å²) in [6.07, 6.45) is 3.62. The molecule has 0 N–H and O–H groups in total. The molecule has 0 unspecified atom stereocenters. The van der Waals surface area contributed by atoms with Crippen LogP contribution in [0, 0.1) is 5.82 Å². The third-order valence-electron chi connectivity index (χ3n) is 3.87. The predicted octanol–water partition coefficient (Wildman–Crippen LogP) is 4.11. The van der Waals surface area contributed by atoms with E-state index in [4.69, 9.17) is 0 Å². The lowest BCUT2D eigenvalue weighted by Crippen LogP contribution is -2.26. The molecule has 0 aliphatic rings. The minimum absolute atomic E-state index is 0.148. The molecular weight excluding hydrogens is 385 g/mol. The predicted molar refractivity (Wildman–Crippen MR) is 97.7 cm³/mol. The van der Waals surface area contributed by atoms with Gasteiger partial charge in [0.15, 0.2) is 0 Å². The summed E-state index contributed by atoms with van der Waals surface area (Å²) < 4.78 is 16.5. The van der Waals surface area contributed by atoms with Gasteiger partial charge in [-0.1, -0.05) is 28.1 Å². The van der Waals surface area contributed by atoms with Crippen LogP contribution in [0.2, 0.25) is 0 Å². The van der Waals surface area contributed by atoms with Crippen molar-refractivity contribution in [1.82, 2.24) is 14.7 Å². The molecule has 0 aliphatic carbocycles. The Hall–Kier alpha value is -2.47. The molecule has 1 amide bonds. The Balaban J connectivity index is 1.68. The lowest BCUT2D eigenvalue weighted by molar-refractivity contribution is 0.0784. The van der Waals surface area contributed by atoms with E-state index in [-0.39, 0.29) is 18.3 Å². The highest BCUT2D eigenvalue weighted by Crippen LogP contribution is 2.18. The van der Waals surface area contributed by atoms with Crippen molar-refractivity contribution in [3.63, 3.8) is 0 Å². The minimum atomic E-state index is -0.322. The molecule has 1 aromatic heterocycles. The third-order valence-corrected chi connectivity index (χ3v) is 4.36. The molecule has 0 saturated carbocycles. The molecule has 1 heterocycles. The first-order valence-corrected chi connectivity index (χ1v) is 8.58. The fourth-order valence-electron chi connectivity index (χ4n) is 2.55. The van der Waals surface area contributed by atoms with Gasteiger partial charge in [-0.15, -0.1) is 0 Å². The smallest absolute Gasteiger partial charge is 0.253 e. The van der Waals surface area contributed by atoms with Crippen molar-refractivity contribution >= 4 is 21.8 Å². The summed E-state index contributed by atoms with van der Waals surface area (Å²) >= 11 is 3.32. The summed E-state index contributed by atoms with van der Waals surface area (Å²) in [7, 11) is 1.67. The quantitative estimate of drug-likeness (QED) is 0.645. The molecule has 0 fully saturated rings. The third kappa shape index (κ3) is 4.33. The lowest BCUT2D eigenvalue weighted by Gasteiger charge is -2.18. The van der Waals surface area contributed by atoms with Crippen LogP contribution in [0.5, 0.6) is 0 Å². The monoisotopic (exact) mass is 401 g/mol. The van der Waals surface area contributed by atoms with Crippen LogP contribution in [0.4, 0.5) is 4.39 Å². The number of halogens is 2. The zero-order valence-electron chi connectivity index (χ0n) is 13.7. The van der Waals surface area contributed by atoms with Gasteiger partial charge in [0.25, 0.3) is 5.91 Å². The average Bonchev–Trinajstić information content (AvgIpc) is 3.11. The Labute approximate surface area is 154 Å². The first-order chi connectivity index (χ1) is 12.0. The fourth-order valence-corrected chi connectivity index (χ4v) is 2.95. The van der Waals surface area contributed by atoms with Gasteiger partial charge < -0.3 is 4.90 Å². The largest absolute Gasteiger partial charge is 0.337 e. The maximum Gasteiger partial charge on any atom is 0.253 e. The SMILES string of the molecule is CN(Cc1cc(Br)ccc1F)C(=O)c1ccc(Cn2cccn2)cc1. The first kappa shape index (κ1) is 17.4. The molecule has 3 rings (SSSR count). The second-order valence-corrected chi connectivity index (χ2v) is 6.71. The van der Waals surface area contributed by atoms with Crippen LogP contribution in [0.25, 0.3) is 0 Å². The molecule has 0 atom stereocenters. The minimum Gasteiger partial charge on any atom is -0.337 e. The van der Waals surface area contributed by atoms with Crippen molar-refractivity contribution in [2.45, 2.75) is 13.1 Å². The van der Waals surface area contributed by atoms with Crippen LogP contribution >= 0.6 is 15.9 Å². The number of amides is 1. The molecular formula is C19H17BrFN3O. The van der Waals surface area contributed by atoms with E-state index in [9.17, 15) is 9.18 Å². The second-order valence-electron chi connectivity index (χ2n) is 5.80. The molecule has 0 bridgehead atoms. The number of aromatic nitrogens is 2. The van der Waals surface area contributed by atoms with E-state index in [0.717, 1.165) is 10.0 Å². The van der Waals surface area contributed by atoms with Gasteiger partial charge >= 0.3 is 0 Å². The lowest BCUT2D eigenvalue weighted by atomic mass is 10.1. The number of carbonyl (C=O) groups is 1. The summed E-state index contributed by atoms with van der Waals surface area (Å²) in [5, 5.41) is 4.16. The van der Waals surface area contributed by atoms with Gasteiger partial charge in [-0.05, 0) is 42.0 Å². The Morgan fingerprint density at radius 2 is 2.00 bits per heavy atom. The van der Waals surface area contributed by atoms with Crippen LogP contribution in [-0.2, 0) is 13.1 Å². The summed E-state index contributed by atoms with van der Waals surface area (Å²) in [5.41, 5.74) is 2.10. The van der Waals surface area contributed by atoms with Crippen LogP contribution in [0.15, 0.2) is 65.4 Å². The number of rotatable bonds is 5. The second kappa shape index (κ2) is 7.61. The molecule has 4 nitrogen and oxygen atoms in total. The van der Waals surface area contributed by atoms with Crippen molar-refractivity contribution in [1.29, 1.82) is 0 Å². The van der Waals surface area contributed by atoms with E-state index < -0.39 is 0 Å². The Kier molecular flexibility index (Phi) is 5.28. The fraction of sp³-hybridized carbons (Fsp3) is 0.158. The molecule has 25 heavy (non-hydrogen) atoms. The van der Waals surface area contributed by atoms with Gasteiger partial charge in [0, 0.05) is 41.6 Å². The van der Waals surface area contributed by atoms with E-state index >= 15 is 0 Å². The van der Waals surface area contributed by atoms with Crippen LogP contribution in [0.1, 0.15) is 21.5 Å². The number of nitrogens with zero attached hydrogens (tertiary/aromatic N) is 3. The molecule has 3 aromatic rings. The van der Waals surface area contributed by atoms with E-state index in [1.54, 1.807) is 37.5 Å². The average molecular weight is 402 g/mol. The van der Waals surface area contributed by atoms with Crippen molar-refractivity contribution in [3.05, 3.63) is 87.9 Å². The number of benzene rings is 2. The van der Waals surface area contributed by atoms with E-state index in [2.05, 4.69) is 21.0 Å². The van der Waals surface area contributed by atoms with Crippen molar-refractivity contribution in [2.24, 2.45) is 0 Å². The molecule has 128 valence electrons. The van der Waals surface area contributed by atoms with Crippen molar-refractivity contribution in [3.8, 4) is 0 Å². The van der Waals surface area contributed by atoms with Crippen molar-refractivity contribution in [2.75, 3.05) is 7.05 Å². The molecule has 6 heteroatoms. The van der Waals surface area contributed by atoms with Crippen LogP contribution in [-0.4, -0.2) is 27.6 Å². The molecule has 0 radical (unpaired) electrons. The van der Waals surface area contributed by atoms with Crippen LogP contribution in [0.3, 0.4) is 0 Å². The maximum atomic E-state index is 13.9. The topological polar surface area (TPSA) is 38.1 Å². The number of hydrogen-bond donors (Lipinski definition) is 0. The van der Waals surface area contributed by atoms with Crippen LogP contribution < -0.4 is 0 Å². The van der Waals surface area contributed by atoms with E-state index in [1.165, 1.54) is 11.0 Å². The molecule has 0 spiro atoms. The summed E-state index contributed by atoms with van der Waals surface area (Å²) in [4.78, 5) is 14.1. The van der Waals surface area contributed by atoms with E-state index in [1.807, 2.05) is 29.1 Å². The zero-order valence-corrected chi connectivity index (χ0v) is 15.3. The summed E-state index contributed by atoms with van der Waals surface area (Å²) in [6.45, 7) is 0.861.